The molecule has 0 spiro atoms. The number of allylic oxidation sites excluding steroid dienone is 1. The maximum atomic E-state index is 12.9. The summed E-state index contributed by atoms with van der Waals surface area (Å²) in [5.41, 5.74) is 1.02. The number of fused-ring (bicyclic) bond motifs is 1. The number of anilines is 1. The van der Waals surface area contributed by atoms with E-state index < -0.39 is 0 Å². The Morgan fingerprint density at radius 1 is 1.35 bits per heavy atom. The fourth-order valence-corrected chi connectivity index (χ4v) is 3.02. The van der Waals surface area contributed by atoms with Crippen molar-refractivity contribution < 1.29 is 9.53 Å². The second kappa shape index (κ2) is 8.09. The first-order valence-electron chi connectivity index (χ1n) is 8.72. The van der Waals surface area contributed by atoms with Gasteiger partial charge in [0.2, 0.25) is 5.91 Å². The van der Waals surface area contributed by atoms with Crippen molar-refractivity contribution in [2.45, 2.75) is 13.5 Å². The summed E-state index contributed by atoms with van der Waals surface area (Å²) in [5.74, 6) is 0.371. The Labute approximate surface area is 151 Å². The molecule has 1 amide bonds. The predicted octanol–water partition coefficient (Wildman–Crippen LogP) is 0.663. The standard InChI is InChI=1S/C18H23N5O3/c1-3-8-23-16-14(6-5-7-19-16)20-17(18(23)25)22-11-9-21(10-12-22)15(24)13-26-4-2/h3,5-7H,1,4,8-13H2,2H3. The van der Waals surface area contributed by atoms with E-state index in [-0.39, 0.29) is 18.1 Å². The van der Waals surface area contributed by atoms with E-state index in [0.717, 1.165) is 0 Å². The first kappa shape index (κ1) is 18.1. The Kier molecular flexibility index (Phi) is 5.62. The average molecular weight is 357 g/mol. The third-order valence-electron chi connectivity index (χ3n) is 4.36. The topological polar surface area (TPSA) is 80.6 Å². The van der Waals surface area contributed by atoms with Crippen molar-refractivity contribution in [1.29, 1.82) is 0 Å². The molecular formula is C18H23N5O3. The normalized spacial score (nSPS) is 14.7. The number of piperazine rings is 1. The number of ether oxygens (including phenoxy) is 1. The third kappa shape index (κ3) is 3.60. The minimum Gasteiger partial charge on any atom is -0.372 e. The Hall–Kier alpha value is -2.74. The molecule has 0 saturated carbocycles. The van der Waals surface area contributed by atoms with Crippen LogP contribution in [0.5, 0.6) is 0 Å². The Morgan fingerprint density at radius 2 is 2.12 bits per heavy atom. The number of amides is 1. The highest BCUT2D eigenvalue weighted by molar-refractivity contribution is 5.78. The lowest BCUT2D eigenvalue weighted by molar-refractivity contribution is -0.136. The first-order chi connectivity index (χ1) is 12.7. The summed E-state index contributed by atoms with van der Waals surface area (Å²) in [7, 11) is 0. The molecule has 0 radical (unpaired) electrons. The third-order valence-corrected chi connectivity index (χ3v) is 4.36. The summed E-state index contributed by atoms with van der Waals surface area (Å²) >= 11 is 0. The van der Waals surface area contributed by atoms with Crippen LogP contribution in [0.4, 0.5) is 5.82 Å². The van der Waals surface area contributed by atoms with Gasteiger partial charge in [0.05, 0.1) is 0 Å². The molecule has 1 fully saturated rings. The van der Waals surface area contributed by atoms with Gasteiger partial charge >= 0.3 is 0 Å². The van der Waals surface area contributed by atoms with Gasteiger partial charge in [-0.2, -0.15) is 0 Å². The number of hydrogen-bond donors (Lipinski definition) is 0. The summed E-state index contributed by atoms with van der Waals surface area (Å²) in [6, 6.07) is 3.64. The largest absolute Gasteiger partial charge is 0.372 e. The van der Waals surface area contributed by atoms with Crippen molar-refractivity contribution in [3.8, 4) is 0 Å². The monoisotopic (exact) mass is 357 g/mol. The highest BCUT2D eigenvalue weighted by Gasteiger charge is 2.24. The molecule has 3 rings (SSSR count). The van der Waals surface area contributed by atoms with E-state index in [4.69, 9.17) is 4.74 Å². The fraction of sp³-hybridized carbons (Fsp3) is 0.444. The van der Waals surface area contributed by atoms with E-state index >= 15 is 0 Å². The van der Waals surface area contributed by atoms with Crippen LogP contribution in [0.1, 0.15) is 6.92 Å². The average Bonchev–Trinajstić information content (AvgIpc) is 2.68. The van der Waals surface area contributed by atoms with Gasteiger partial charge in [-0.15, -0.1) is 6.58 Å². The van der Waals surface area contributed by atoms with Crippen LogP contribution < -0.4 is 10.5 Å². The second-order valence-corrected chi connectivity index (χ2v) is 5.99. The van der Waals surface area contributed by atoms with Crippen molar-refractivity contribution in [2.75, 3.05) is 44.3 Å². The van der Waals surface area contributed by atoms with Crippen LogP contribution in [-0.2, 0) is 16.1 Å². The van der Waals surface area contributed by atoms with Crippen LogP contribution in [-0.4, -0.2) is 64.7 Å². The summed E-state index contributed by atoms with van der Waals surface area (Å²) < 4.78 is 6.76. The molecule has 1 saturated heterocycles. The fourth-order valence-electron chi connectivity index (χ4n) is 3.02. The maximum absolute atomic E-state index is 12.9. The maximum Gasteiger partial charge on any atom is 0.295 e. The molecule has 1 aliphatic heterocycles. The molecule has 0 aliphatic carbocycles. The summed E-state index contributed by atoms with van der Waals surface area (Å²) in [6.45, 7) is 8.76. The van der Waals surface area contributed by atoms with E-state index in [1.807, 2.05) is 17.9 Å². The van der Waals surface area contributed by atoms with Gasteiger partial charge in [0.1, 0.15) is 12.1 Å². The van der Waals surface area contributed by atoms with Crippen LogP contribution in [0, 0.1) is 0 Å². The van der Waals surface area contributed by atoms with Crippen LogP contribution in [0.2, 0.25) is 0 Å². The lowest BCUT2D eigenvalue weighted by Gasteiger charge is -2.35. The molecule has 2 aromatic heterocycles. The summed E-state index contributed by atoms with van der Waals surface area (Å²) in [4.78, 5) is 37.5. The van der Waals surface area contributed by atoms with E-state index in [1.54, 1.807) is 27.8 Å². The minimum absolute atomic E-state index is 0.0220. The quantitative estimate of drug-likeness (QED) is 0.707. The molecular weight excluding hydrogens is 334 g/mol. The molecule has 26 heavy (non-hydrogen) atoms. The zero-order chi connectivity index (χ0) is 18.5. The Bertz CT molecular complexity index is 856. The summed E-state index contributed by atoms with van der Waals surface area (Å²) in [5, 5.41) is 0. The van der Waals surface area contributed by atoms with Gasteiger partial charge in [-0.25, -0.2) is 9.97 Å². The molecule has 0 unspecified atom stereocenters. The molecule has 0 atom stereocenters. The van der Waals surface area contributed by atoms with Gasteiger partial charge in [-0.3, -0.25) is 14.2 Å². The Balaban J connectivity index is 1.83. The SMILES string of the molecule is C=CCn1c(=O)c(N2CCN(C(=O)COCC)CC2)nc2cccnc21. The zero-order valence-electron chi connectivity index (χ0n) is 14.9. The molecule has 3 heterocycles. The number of hydrogen-bond acceptors (Lipinski definition) is 6. The molecule has 0 aromatic carbocycles. The molecule has 2 aromatic rings. The molecule has 1 aliphatic rings. The van der Waals surface area contributed by atoms with Gasteiger partial charge in [-0.1, -0.05) is 6.08 Å². The van der Waals surface area contributed by atoms with Gasteiger partial charge in [0.15, 0.2) is 11.5 Å². The highest BCUT2D eigenvalue weighted by atomic mass is 16.5. The molecule has 0 N–H and O–H groups in total. The van der Waals surface area contributed by atoms with Gasteiger partial charge in [0.25, 0.3) is 5.56 Å². The van der Waals surface area contributed by atoms with Gasteiger partial charge in [0, 0.05) is 45.5 Å². The lowest BCUT2D eigenvalue weighted by atomic mass is 10.3. The van der Waals surface area contributed by atoms with Crippen LogP contribution in [0.3, 0.4) is 0 Å². The van der Waals surface area contributed by atoms with Crippen molar-refractivity contribution in [1.82, 2.24) is 19.4 Å². The number of aromatic nitrogens is 3. The van der Waals surface area contributed by atoms with E-state index in [2.05, 4.69) is 16.5 Å². The van der Waals surface area contributed by atoms with Gasteiger partial charge in [-0.05, 0) is 19.1 Å². The number of nitrogens with zero attached hydrogens (tertiary/aromatic N) is 5. The van der Waals surface area contributed by atoms with E-state index in [0.29, 0.717) is 56.3 Å². The smallest absolute Gasteiger partial charge is 0.295 e. The van der Waals surface area contributed by atoms with Crippen LogP contribution >= 0.6 is 0 Å². The highest BCUT2D eigenvalue weighted by Crippen LogP contribution is 2.14. The molecule has 0 bridgehead atoms. The molecule has 138 valence electrons. The van der Waals surface area contributed by atoms with Crippen molar-refractivity contribution >= 4 is 22.9 Å². The van der Waals surface area contributed by atoms with Crippen LogP contribution in [0.25, 0.3) is 11.2 Å². The second-order valence-electron chi connectivity index (χ2n) is 5.99. The van der Waals surface area contributed by atoms with E-state index in [9.17, 15) is 9.59 Å². The van der Waals surface area contributed by atoms with Crippen molar-refractivity contribution in [3.05, 3.63) is 41.3 Å². The van der Waals surface area contributed by atoms with Crippen molar-refractivity contribution in [2.24, 2.45) is 0 Å². The molecule has 8 nitrogen and oxygen atoms in total. The predicted molar refractivity (Wildman–Crippen MR) is 99.3 cm³/mol. The number of carbonyl (C=O) groups is 1. The number of rotatable bonds is 6. The molecule has 8 heteroatoms. The number of carbonyl (C=O) groups excluding carboxylic acids is 1. The van der Waals surface area contributed by atoms with Crippen LogP contribution in [0.15, 0.2) is 35.8 Å². The first-order valence-corrected chi connectivity index (χ1v) is 8.72. The zero-order valence-corrected chi connectivity index (χ0v) is 14.9. The lowest BCUT2D eigenvalue weighted by Crippen LogP contribution is -2.51. The minimum atomic E-state index is -0.190. The van der Waals surface area contributed by atoms with Crippen molar-refractivity contribution in [3.63, 3.8) is 0 Å². The summed E-state index contributed by atoms with van der Waals surface area (Å²) in [6.07, 6.45) is 3.31. The Morgan fingerprint density at radius 3 is 2.81 bits per heavy atom. The van der Waals surface area contributed by atoms with Gasteiger partial charge < -0.3 is 14.5 Å². The van der Waals surface area contributed by atoms with E-state index in [1.165, 1.54) is 0 Å². The number of pyridine rings is 1.